The van der Waals surface area contributed by atoms with Crippen LogP contribution >= 0.6 is 11.3 Å². The zero-order chi connectivity index (χ0) is 15.4. The molecule has 2 amide bonds. The van der Waals surface area contributed by atoms with Gasteiger partial charge in [-0.25, -0.2) is 4.79 Å². The maximum Gasteiger partial charge on any atom is 0.321 e. The van der Waals surface area contributed by atoms with E-state index in [-0.39, 0.29) is 6.03 Å². The molecule has 1 heterocycles. The second-order valence-corrected chi connectivity index (χ2v) is 6.59. The van der Waals surface area contributed by atoms with E-state index in [9.17, 15) is 4.79 Å². The van der Waals surface area contributed by atoms with Crippen molar-refractivity contribution in [1.82, 2.24) is 4.90 Å². The van der Waals surface area contributed by atoms with E-state index >= 15 is 0 Å². The van der Waals surface area contributed by atoms with Gasteiger partial charge in [0.25, 0.3) is 0 Å². The SMILES string of the molecule is Cc1ccsc1CN(C)C(=O)Nc1ccc(C(C)C)cc1. The Bertz CT molecular complexity index is 602. The molecule has 3 nitrogen and oxygen atoms in total. The maximum absolute atomic E-state index is 12.2. The molecule has 1 N–H and O–H groups in total. The van der Waals surface area contributed by atoms with Crippen LogP contribution in [0.5, 0.6) is 0 Å². The average molecular weight is 302 g/mol. The van der Waals surface area contributed by atoms with Crippen molar-refractivity contribution in [2.24, 2.45) is 0 Å². The lowest BCUT2D eigenvalue weighted by atomic mass is 10.0. The Kier molecular flexibility index (Phi) is 5.02. The van der Waals surface area contributed by atoms with Crippen LogP contribution in [0.3, 0.4) is 0 Å². The average Bonchev–Trinajstić information content (AvgIpc) is 2.84. The Hall–Kier alpha value is -1.81. The first-order valence-corrected chi connectivity index (χ1v) is 8.00. The van der Waals surface area contributed by atoms with Gasteiger partial charge in [0.05, 0.1) is 6.54 Å². The van der Waals surface area contributed by atoms with Crippen molar-refractivity contribution in [3.63, 3.8) is 0 Å². The number of carbonyl (C=O) groups is 1. The Labute approximate surface area is 130 Å². The van der Waals surface area contributed by atoms with E-state index in [4.69, 9.17) is 0 Å². The molecule has 112 valence electrons. The zero-order valence-corrected chi connectivity index (χ0v) is 13.8. The summed E-state index contributed by atoms with van der Waals surface area (Å²) in [6, 6.07) is 10.0. The van der Waals surface area contributed by atoms with E-state index in [1.165, 1.54) is 16.0 Å². The minimum atomic E-state index is -0.0832. The fourth-order valence-corrected chi connectivity index (χ4v) is 2.98. The molecule has 0 saturated heterocycles. The summed E-state index contributed by atoms with van der Waals surface area (Å²) in [5.41, 5.74) is 3.34. The number of aryl methyl sites for hydroxylation is 1. The van der Waals surface area contributed by atoms with Crippen molar-refractivity contribution in [2.75, 3.05) is 12.4 Å². The van der Waals surface area contributed by atoms with Crippen LogP contribution in [-0.2, 0) is 6.54 Å². The highest BCUT2D eigenvalue weighted by Gasteiger charge is 2.11. The van der Waals surface area contributed by atoms with E-state index < -0.39 is 0 Å². The molecule has 0 spiro atoms. The van der Waals surface area contributed by atoms with E-state index in [0.29, 0.717) is 12.5 Å². The third-order valence-corrected chi connectivity index (χ3v) is 4.53. The van der Waals surface area contributed by atoms with Crippen LogP contribution in [0.25, 0.3) is 0 Å². The minimum Gasteiger partial charge on any atom is -0.322 e. The van der Waals surface area contributed by atoms with Crippen molar-refractivity contribution in [3.8, 4) is 0 Å². The molecule has 0 radical (unpaired) electrons. The predicted molar refractivity (Wildman–Crippen MR) is 90.1 cm³/mol. The highest BCUT2D eigenvalue weighted by Crippen LogP contribution is 2.19. The summed E-state index contributed by atoms with van der Waals surface area (Å²) in [6.45, 7) is 7.02. The quantitative estimate of drug-likeness (QED) is 0.860. The number of hydrogen-bond acceptors (Lipinski definition) is 2. The van der Waals surface area contributed by atoms with Crippen LogP contribution in [-0.4, -0.2) is 18.0 Å². The van der Waals surface area contributed by atoms with E-state index in [1.54, 1.807) is 16.2 Å². The van der Waals surface area contributed by atoms with Crippen LogP contribution in [0.2, 0.25) is 0 Å². The molecule has 0 saturated carbocycles. The van der Waals surface area contributed by atoms with Gasteiger partial charge in [-0.15, -0.1) is 11.3 Å². The zero-order valence-electron chi connectivity index (χ0n) is 13.0. The number of amides is 2. The van der Waals surface area contributed by atoms with Gasteiger partial charge in [-0.05, 0) is 47.5 Å². The predicted octanol–water partition coefficient (Wildman–Crippen LogP) is 4.84. The number of nitrogens with zero attached hydrogens (tertiary/aromatic N) is 1. The summed E-state index contributed by atoms with van der Waals surface area (Å²) in [5.74, 6) is 0.499. The molecule has 2 aromatic rings. The lowest BCUT2D eigenvalue weighted by Gasteiger charge is -2.18. The van der Waals surface area contributed by atoms with E-state index in [2.05, 4.69) is 49.7 Å². The molecule has 1 aromatic heterocycles. The lowest BCUT2D eigenvalue weighted by Crippen LogP contribution is -2.30. The monoisotopic (exact) mass is 302 g/mol. The summed E-state index contributed by atoms with van der Waals surface area (Å²) >= 11 is 1.69. The van der Waals surface area contributed by atoms with Gasteiger partial charge in [0.1, 0.15) is 0 Å². The largest absolute Gasteiger partial charge is 0.322 e. The molecule has 1 aromatic carbocycles. The molecule has 4 heteroatoms. The van der Waals surface area contributed by atoms with E-state index in [0.717, 1.165) is 5.69 Å². The molecule has 21 heavy (non-hydrogen) atoms. The second kappa shape index (κ2) is 6.76. The first-order valence-electron chi connectivity index (χ1n) is 7.12. The van der Waals surface area contributed by atoms with Crippen molar-refractivity contribution < 1.29 is 4.79 Å². The van der Waals surface area contributed by atoms with Crippen molar-refractivity contribution in [3.05, 3.63) is 51.7 Å². The van der Waals surface area contributed by atoms with Gasteiger partial charge in [-0.1, -0.05) is 26.0 Å². The van der Waals surface area contributed by atoms with Gasteiger partial charge in [-0.3, -0.25) is 0 Å². The Morgan fingerprint density at radius 2 is 1.90 bits per heavy atom. The molecule has 0 aliphatic heterocycles. The minimum absolute atomic E-state index is 0.0832. The molecule has 0 atom stereocenters. The van der Waals surface area contributed by atoms with Crippen LogP contribution < -0.4 is 5.32 Å². The van der Waals surface area contributed by atoms with Gasteiger partial charge in [0.2, 0.25) is 0 Å². The highest BCUT2D eigenvalue weighted by atomic mass is 32.1. The molecule has 0 fully saturated rings. The van der Waals surface area contributed by atoms with Crippen LogP contribution in [0.1, 0.15) is 35.8 Å². The molecule has 2 rings (SSSR count). The van der Waals surface area contributed by atoms with Crippen LogP contribution in [0.4, 0.5) is 10.5 Å². The topological polar surface area (TPSA) is 32.3 Å². The lowest BCUT2D eigenvalue weighted by molar-refractivity contribution is 0.221. The smallest absolute Gasteiger partial charge is 0.321 e. The van der Waals surface area contributed by atoms with Crippen molar-refractivity contribution >= 4 is 23.1 Å². The Balaban J connectivity index is 1.95. The summed E-state index contributed by atoms with van der Waals surface area (Å²) in [7, 11) is 1.82. The molecule has 0 bridgehead atoms. The Morgan fingerprint density at radius 1 is 1.24 bits per heavy atom. The normalized spacial score (nSPS) is 10.7. The number of thiophene rings is 1. The maximum atomic E-state index is 12.2. The fourth-order valence-electron chi connectivity index (χ4n) is 2.02. The molecule has 0 aliphatic carbocycles. The number of anilines is 1. The van der Waals surface area contributed by atoms with Crippen LogP contribution in [0, 0.1) is 6.92 Å². The fraction of sp³-hybridized carbons (Fsp3) is 0.353. The van der Waals surface area contributed by atoms with Crippen LogP contribution in [0.15, 0.2) is 35.7 Å². The van der Waals surface area contributed by atoms with Crippen molar-refractivity contribution in [1.29, 1.82) is 0 Å². The van der Waals surface area contributed by atoms with Gasteiger partial charge in [0, 0.05) is 17.6 Å². The molecular weight excluding hydrogens is 280 g/mol. The number of hydrogen-bond donors (Lipinski definition) is 1. The Morgan fingerprint density at radius 3 is 2.43 bits per heavy atom. The first kappa shape index (κ1) is 15.6. The number of urea groups is 1. The summed E-state index contributed by atoms with van der Waals surface area (Å²) in [6.07, 6.45) is 0. The third kappa shape index (κ3) is 4.08. The number of rotatable bonds is 4. The summed E-state index contributed by atoms with van der Waals surface area (Å²) in [4.78, 5) is 15.1. The van der Waals surface area contributed by atoms with Gasteiger partial charge in [0.15, 0.2) is 0 Å². The number of carbonyl (C=O) groups excluding carboxylic acids is 1. The first-order chi connectivity index (χ1) is 9.97. The van der Waals surface area contributed by atoms with Gasteiger partial charge >= 0.3 is 6.03 Å². The highest BCUT2D eigenvalue weighted by molar-refractivity contribution is 7.10. The number of nitrogens with one attached hydrogen (secondary N) is 1. The number of benzene rings is 1. The standard InChI is InChI=1S/C17H22N2OS/c1-12(2)14-5-7-15(8-6-14)18-17(20)19(4)11-16-13(3)9-10-21-16/h5-10,12H,11H2,1-4H3,(H,18,20). The molecule has 0 unspecified atom stereocenters. The van der Waals surface area contributed by atoms with Gasteiger partial charge in [-0.2, -0.15) is 0 Å². The third-order valence-electron chi connectivity index (χ3n) is 3.52. The molecule has 0 aliphatic rings. The second-order valence-electron chi connectivity index (χ2n) is 5.59. The molecular formula is C17H22N2OS. The summed E-state index contributed by atoms with van der Waals surface area (Å²) in [5, 5.41) is 4.99. The van der Waals surface area contributed by atoms with E-state index in [1.807, 2.05) is 19.2 Å². The van der Waals surface area contributed by atoms with Gasteiger partial charge < -0.3 is 10.2 Å². The summed E-state index contributed by atoms with van der Waals surface area (Å²) < 4.78 is 0. The van der Waals surface area contributed by atoms with Crippen molar-refractivity contribution in [2.45, 2.75) is 33.2 Å².